The van der Waals surface area contributed by atoms with Crippen molar-refractivity contribution < 1.29 is 24.3 Å². The van der Waals surface area contributed by atoms with E-state index in [1.54, 1.807) is 0 Å². The van der Waals surface area contributed by atoms with E-state index in [0.717, 1.165) is 0 Å². The van der Waals surface area contributed by atoms with Gasteiger partial charge in [0.2, 0.25) is 6.10 Å². The number of carbonyl (C=O) groups is 2. The van der Waals surface area contributed by atoms with Crippen LogP contribution in [0.4, 0.5) is 0 Å². The third kappa shape index (κ3) is 1.52. The molecule has 1 atom stereocenters. The number of ether oxygens (including phenoxy) is 1. The molecule has 0 aromatic carbocycles. The molecule has 1 N–H and O–H groups in total. The van der Waals surface area contributed by atoms with Crippen molar-refractivity contribution >= 4 is 17.7 Å². The summed E-state index contributed by atoms with van der Waals surface area (Å²) in [6.07, 6.45) is -1.10. The molecule has 66 valence electrons. The summed E-state index contributed by atoms with van der Waals surface area (Å²) in [5.41, 5.74) is 0.00454. The Morgan fingerprint density at radius 3 is 2.83 bits per heavy atom. The second kappa shape index (κ2) is 3.21. The first-order valence-corrected chi connectivity index (χ1v) is 3.19. The molecule has 0 unspecified atom stereocenters. The Bertz CT molecular complexity index is 246. The highest BCUT2D eigenvalue weighted by Crippen LogP contribution is 2.10. The third-order valence-electron chi connectivity index (χ3n) is 1.37. The van der Waals surface area contributed by atoms with Gasteiger partial charge in [0, 0.05) is 0 Å². The van der Waals surface area contributed by atoms with Gasteiger partial charge in [0.25, 0.3) is 0 Å². The van der Waals surface area contributed by atoms with Crippen LogP contribution in [-0.4, -0.2) is 36.0 Å². The number of aliphatic carboxylic acids is 1. The summed E-state index contributed by atoms with van der Waals surface area (Å²) < 4.78 is 4.32. The van der Waals surface area contributed by atoms with Gasteiger partial charge in [-0.15, -0.1) is 0 Å². The maximum atomic E-state index is 10.8. The van der Waals surface area contributed by atoms with Crippen LogP contribution in [0.3, 0.4) is 0 Å². The summed E-state index contributed by atoms with van der Waals surface area (Å²) in [5.74, 6) is -1.79. The number of rotatable bonds is 2. The summed E-state index contributed by atoms with van der Waals surface area (Å²) in [6, 6.07) is 0. The topological polar surface area (TPSA) is 85.2 Å². The van der Waals surface area contributed by atoms with Gasteiger partial charge in [-0.3, -0.25) is 0 Å². The Morgan fingerprint density at radius 2 is 2.42 bits per heavy atom. The maximum absolute atomic E-state index is 10.8. The highest BCUT2D eigenvalue weighted by Gasteiger charge is 2.31. The molecule has 0 aliphatic carbocycles. The van der Waals surface area contributed by atoms with Crippen molar-refractivity contribution in [3.63, 3.8) is 0 Å². The Hall–Kier alpha value is -1.59. The van der Waals surface area contributed by atoms with Crippen molar-refractivity contribution in [2.75, 3.05) is 7.11 Å². The van der Waals surface area contributed by atoms with Crippen LogP contribution in [0.1, 0.15) is 6.42 Å². The van der Waals surface area contributed by atoms with Crippen LogP contribution in [-0.2, 0) is 19.2 Å². The number of nitrogens with zero attached hydrogens (tertiary/aromatic N) is 1. The van der Waals surface area contributed by atoms with E-state index in [0.29, 0.717) is 0 Å². The van der Waals surface area contributed by atoms with Crippen molar-refractivity contribution in [1.29, 1.82) is 0 Å². The molecule has 12 heavy (non-hydrogen) atoms. The fraction of sp³-hybridized carbons (Fsp3) is 0.500. The van der Waals surface area contributed by atoms with Crippen LogP contribution in [0.15, 0.2) is 5.16 Å². The first-order chi connectivity index (χ1) is 5.65. The standard InChI is InChI=1S/C6H7NO5/c1-11-6(10)3-2-4(5(8)9)12-7-3/h4H,2H2,1H3,(H,8,9)/t4-/m0/s1. The van der Waals surface area contributed by atoms with E-state index in [9.17, 15) is 9.59 Å². The molecule has 0 radical (unpaired) electrons. The molecular formula is C6H7NO5. The average Bonchev–Trinajstić information content (AvgIpc) is 2.51. The number of methoxy groups -OCH3 is 1. The summed E-state index contributed by atoms with van der Waals surface area (Å²) in [5, 5.41) is 11.7. The molecule has 0 aromatic heterocycles. The van der Waals surface area contributed by atoms with E-state index in [4.69, 9.17) is 5.11 Å². The zero-order chi connectivity index (χ0) is 9.14. The Kier molecular flexibility index (Phi) is 2.27. The third-order valence-corrected chi connectivity index (χ3v) is 1.37. The summed E-state index contributed by atoms with van der Waals surface area (Å²) in [4.78, 5) is 25.5. The Morgan fingerprint density at radius 1 is 1.75 bits per heavy atom. The molecule has 1 rings (SSSR count). The van der Waals surface area contributed by atoms with E-state index >= 15 is 0 Å². The SMILES string of the molecule is COC(=O)C1=NO[C@H](C(=O)O)C1. The highest BCUT2D eigenvalue weighted by atomic mass is 16.7. The Labute approximate surface area is 67.8 Å². The molecule has 1 aliphatic rings. The van der Waals surface area contributed by atoms with Crippen molar-refractivity contribution in [1.82, 2.24) is 0 Å². The zero-order valence-electron chi connectivity index (χ0n) is 6.31. The van der Waals surface area contributed by atoms with Gasteiger partial charge in [0.15, 0.2) is 5.71 Å². The lowest BCUT2D eigenvalue weighted by Crippen LogP contribution is -2.22. The van der Waals surface area contributed by atoms with Crippen molar-refractivity contribution in [2.45, 2.75) is 12.5 Å². The molecule has 6 heteroatoms. The summed E-state index contributed by atoms with van der Waals surface area (Å²) in [6.45, 7) is 0. The van der Waals surface area contributed by atoms with E-state index in [2.05, 4.69) is 14.7 Å². The fourth-order valence-corrected chi connectivity index (χ4v) is 0.748. The van der Waals surface area contributed by atoms with E-state index in [-0.39, 0.29) is 12.1 Å². The molecule has 0 aromatic rings. The van der Waals surface area contributed by atoms with Gasteiger partial charge in [-0.25, -0.2) is 9.59 Å². The fourth-order valence-electron chi connectivity index (χ4n) is 0.748. The largest absolute Gasteiger partial charge is 0.478 e. The van der Waals surface area contributed by atoms with Crippen LogP contribution in [0.25, 0.3) is 0 Å². The summed E-state index contributed by atoms with van der Waals surface area (Å²) >= 11 is 0. The lowest BCUT2D eigenvalue weighted by atomic mass is 10.2. The second-order valence-corrected chi connectivity index (χ2v) is 2.17. The maximum Gasteiger partial charge on any atom is 0.355 e. The number of carboxylic acid groups (broad SMARTS) is 1. The number of hydrogen-bond donors (Lipinski definition) is 1. The molecular weight excluding hydrogens is 166 g/mol. The van der Waals surface area contributed by atoms with Crippen molar-refractivity contribution in [3.05, 3.63) is 0 Å². The molecule has 0 fully saturated rings. The van der Waals surface area contributed by atoms with Crippen LogP contribution >= 0.6 is 0 Å². The molecule has 1 heterocycles. The predicted octanol–water partition coefficient (Wildman–Crippen LogP) is -0.611. The summed E-state index contributed by atoms with van der Waals surface area (Å²) in [7, 11) is 1.19. The average molecular weight is 173 g/mol. The highest BCUT2D eigenvalue weighted by molar-refractivity contribution is 6.37. The number of oxime groups is 1. The van der Waals surface area contributed by atoms with Gasteiger partial charge in [0.05, 0.1) is 13.5 Å². The second-order valence-electron chi connectivity index (χ2n) is 2.17. The van der Waals surface area contributed by atoms with E-state index in [1.807, 2.05) is 0 Å². The van der Waals surface area contributed by atoms with E-state index in [1.165, 1.54) is 7.11 Å². The van der Waals surface area contributed by atoms with Gasteiger partial charge >= 0.3 is 11.9 Å². The van der Waals surface area contributed by atoms with Gasteiger partial charge < -0.3 is 14.7 Å². The minimum atomic E-state index is -1.14. The first kappa shape index (κ1) is 8.51. The lowest BCUT2D eigenvalue weighted by Gasteiger charge is -1.98. The van der Waals surface area contributed by atoms with Crippen molar-refractivity contribution in [3.8, 4) is 0 Å². The lowest BCUT2D eigenvalue weighted by molar-refractivity contribution is -0.148. The predicted molar refractivity (Wildman–Crippen MR) is 36.6 cm³/mol. The molecule has 0 saturated heterocycles. The first-order valence-electron chi connectivity index (χ1n) is 3.19. The number of hydrogen-bond acceptors (Lipinski definition) is 5. The van der Waals surface area contributed by atoms with E-state index < -0.39 is 18.0 Å². The molecule has 0 bridgehead atoms. The molecule has 0 amide bonds. The van der Waals surface area contributed by atoms with Crippen molar-refractivity contribution in [2.24, 2.45) is 5.16 Å². The molecule has 0 spiro atoms. The van der Waals surface area contributed by atoms with Gasteiger partial charge in [-0.1, -0.05) is 5.16 Å². The number of esters is 1. The molecule has 1 aliphatic heterocycles. The smallest absolute Gasteiger partial charge is 0.355 e. The van der Waals surface area contributed by atoms with Crippen LogP contribution in [0.5, 0.6) is 0 Å². The minimum absolute atomic E-state index is 0.00454. The van der Waals surface area contributed by atoms with Crippen LogP contribution < -0.4 is 0 Å². The van der Waals surface area contributed by atoms with Crippen LogP contribution in [0, 0.1) is 0 Å². The minimum Gasteiger partial charge on any atom is -0.478 e. The monoisotopic (exact) mass is 173 g/mol. The van der Waals surface area contributed by atoms with Gasteiger partial charge in [-0.2, -0.15) is 0 Å². The molecule has 6 nitrogen and oxygen atoms in total. The normalized spacial score (nSPS) is 21.1. The van der Waals surface area contributed by atoms with Gasteiger partial charge in [0.1, 0.15) is 0 Å². The molecule has 0 saturated carbocycles. The Balaban J connectivity index is 2.54. The van der Waals surface area contributed by atoms with Gasteiger partial charge in [-0.05, 0) is 0 Å². The zero-order valence-corrected chi connectivity index (χ0v) is 6.31. The van der Waals surface area contributed by atoms with Crippen LogP contribution in [0.2, 0.25) is 0 Å². The quantitative estimate of drug-likeness (QED) is 0.563. The number of carboxylic acids is 1. The number of carbonyl (C=O) groups excluding carboxylic acids is 1.